The Morgan fingerprint density at radius 1 is 1.17 bits per heavy atom. The Morgan fingerprint density at radius 3 is 2.38 bits per heavy atom. The monoisotopic (exact) mass is 398 g/mol. The maximum Gasteiger partial charge on any atom is 0.394 e. The minimum atomic E-state index is -1.47. The van der Waals surface area contributed by atoms with Crippen molar-refractivity contribution in [2.24, 2.45) is 0 Å². The first-order chi connectivity index (χ1) is 11.4. The van der Waals surface area contributed by atoms with Gasteiger partial charge in [-0.1, -0.05) is 6.07 Å². The molecule has 1 fully saturated rings. The molecule has 0 radical (unpaired) electrons. The number of ether oxygens (including phenoxy) is 1. The SMILES string of the molecule is Cc1ccc(OCCC(=O)N2CCN(C(=O)C(=O)O)CC2)c(Br)c1. The van der Waals surface area contributed by atoms with Crippen LogP contribution in [0.5, 0.6) is 5.75 Å². The number of carbonyl (C=O) groups is 3. The van der Waals surface area contributed by atoms with Gasteiger partial charge in [-0.15, -0.1) is 0 Å². The highest BCUT2D eigenvalue weighted by molar-refractivity contribution is 9.10. The molecule has 1 aromatic carbocycles. The number of benzene rings is 1. The van der Waals surface area contributed by atoms with E-state index in [1.54, 1.807) is 4.90 Å². The quantitative estimate of drug-likeness (QED) is 0.771. The fourth-order valence-electron chi connectivity index (χ4n) is 2.42. The Morgan fingerprint density at radius 2 is 1.79 bits per heavy atom. The van der Waals surface area contributed by atoms with Crippen LogP contribution < -0.4 is 4.74 Å². The molecule has 0 saturated carbocycles. The number of halogens is 1. The van der Waals surface area contributed by atoms with E-state index in [4.69, 9.17) is 9.84 Å². The number of aliphatic carboxylic acids is 1. The summed E-state index contributed by atoms with van der Waals surface area (Å²) in [5.41, 5.74) is 1.11. The molecule has 0 unspecified atom stereocenters. The largest absolute Gasteiger partial charge is 0.492 e. The minimum absolute atomic E-state index is 0.0688. The van der Waals surface area contributed by atoms with E-state index in [1.165, 1.54) is 4.90 Å². The van der Waals surface area contributed by atoms with Gasteiger partial charge in [0.1, 0.15) is 5.75 Å². The van der Waals surface area contributed by atoms with Crippen LogP contribution in [-0.4, -0.2) is 65.5 Å². The van der Waals surface area contributed by atoms with Crippen molar-refractivity contribution in [3.8, 4) is 5.75 Å². The molecule has 1 saturated heterocycles. The highest BCUT2D eigenvalue weighted by Gasteiger charge is 2.27. The number of hydrogen-bond acceptors (Lipinski definition) is 4. The molecule has 0 aliphatic carbocycles. The third-order valence-corrected chi connectivity index (χ3v) is 4.38. The van der Waals surface area contributed by atoms with Crippen molar-refractivity contribution in [3.05, 3.63) is 28.2 Å². The van der Waals surface area contributed by atoms with Gasteiger partial charge >= 0.3 is 11.9 Å². The van der Waals surface area contributed by atoms with Crippen molar-refractivity contribution >= 4 is 33.7 Å². The summed E-state index contributed by atoms with van der Waals surface area (Å²) in [4.78, 5) is 37.0. The molecule has 1 aliphatic rings. The summed E-state index contributed by atoms with van der Waals surface area (Å²) < 4.78 is 6.45. The highest BCUT2D eigenvalue weighted by atomic mass is 79.9. The zero-order valence-corrected chi connectivity index (χ0v) is 14.9. The van der Waals surface area contributed by atoms with Gasteiger partial charge in [0.25, 0.3) is 0 Å². The summed E-state index contributed by atoms with van der Waals surface area (Å²) in [5.74, 6) is -1.77. The van der Waals surface area contributed by atoms with Gasteiger partial charge in [-0.25, -0.2) is 4.79 Å². The van der Waals surface area contributed by atoms with Gasteiger partial charge in [-0.05, 0) is 40.5 Å². The Labute approximate surface area is 148 Å². The van der Waals surface area contributed by atoms with Crippen LogP contribution in [0, 0.1) is 6.92 Å². The number of carboxylic acids is 1. The zero-order valence-electron chi connectivity index (χ0n) is 13.3. The van der Waals surface area contributed by atoms with Gasteiger partial charge in [0.2, 0.25) is 5.91 Å². The van der Waals surface area contributed by atoms with Crippen molar-refractivity contribution in [3.63, 3.8) is 0 Å². The molecule has 1 N–H and O–H groups in total. The molecule has 1 aliphatic heterocycles. The number of rotatable bonds is 4. The number of nitrogens with zero attached hydrogens (tertiary/aromatic N) is 2. The summed E-state index contributed by atoms with van der Waals surface area (Å²) in [6.45, 7) is 3.39. The summed E-state index contributed by atoms with van der Waals surface area (Å²) >= 11 is 3.42. The van der Waals surface area contributed by atoms with Gasteiger partial charge in [-0.2, -0.15) is 0 Å². The second-order valence-corrected chi connectivity index (χ2v) is 6.36. The fraction of sp³-hybridized carbons (Fsp3) is 0.438. The van der Waals surface area contributed by atoms with Gasteiger partial charge in [0, 0.05) is 26.2 Å². The van der Waals surface area contributed by atoms with Gasteiger partial charge in [-0.3, -0.25) is 9.59 Å². The third-order valence-electron chi connectivity index (χ3n) is 3.76. The number of hydrogen-bond donors (Lipinski definition) is 1. The van der Waals surface area contributed by atoms with E-state index < -0.39 is 11.9 Å². The summed E-state index contributed by atoms with van der Waals surface area (Å²) in [6.07, 6.45) is 0.229. The van der Waals surface area contributed by atoms with Crippen molar-refractivity contribution in [2.45, 2.75) is 13.3 Å². The van der Waals surface area contributed by atoms with E-state index in [1.807, 2.05) is 25.1 Å². The van der Waals surface area contributed by atoms with Gasteiger partial charge < -0.3 is 19.6 Å². The van der Waals surface area contributed by atoms with Crippen LogP contribution in [0.25, 0.3) is 0 Å². The number of carboxylic acid groups (broad SMARTS) is 1. The Balaban J connectivity index is 1.76. The van der Waals surface area contributed by atoms with Crippen LogP contribution in [0.3, 0.4) is 0 Å². The lowest BCUT2D eigenvalue weighted by atomic mass is 10.2. The van der Waals surface area contributed by atoms with Crippen molar-refractivity contribution < 1.29 is 24.2 Å². The molecule has 1 heterocycles. The van der Waals surface area contributed by atoms with E-state index in [-0.39, 0.29) is 32.0 Å². The molecule has 24 heavy (non-hydrogen) atoms. The molecule has 2 rings (SSSR count). The Bertz CT molecular complexity index is 641. The number of amides is 2. The number of aryl methyl sites for hydroxylation is 1. The fourth-order valence-corrected chi connectivity index (χ4v) is 3.03. The van der Waals surface area contributed by atoms with Crippen LogP contribution in [-0.2, 0) is 14.4 Å². The molecular formula is C16H19BrN2O5. The zero-order chi connectivity index (χ0) is 17.7. The molecule has 0 aromatic heterocycles. The standard InChI is InChI=1S/C16H19BrN2O5/c1-11-2-3-13(12(17)10-11)24-9-4-14(20)18-5-7-19(8-6-18)15(21)16(22)23/h2-3,10H,4-9H2,1H3,(H,22,23). The normalized spacial score (nSPS) is 14.4. The van der Waals surface area contributed by atoms with E-state index in [0.717, 1.165) is 10.0 Å². The molecule has 2 amide bonds. The summed E-state index contributed by atoms with van der Waals surface area (Å²) in [5, 5.41) is 8.68. The first kappa shape index (κ1) is 18.3. The lowest BCUT2D eigenvalue weighted by molar-refractivity contribution is -0.157. The van der Waals surface area contributed by atoms with Crippen LogP contribution in [0.1, 0.15) is 12.0 Å². The lowest BCUT2D eigenvalue weighted by Crippen LogP contribution is -2.52. The van der Waals surface area contributed by atoms with E-state index >= 15 is 0 Å². The van der Waals surface area contributed by atoms with Gasteiger partial charge in [0.05, 0.1) is 17.5 Å². The molecule has 0 atom stereocenters. The molecule has 0 bridgehead atoms. The molecule has 7 nitrogen and oxygen atoms in total. The average Bonchev–Trinajstić information content (AvgIpc) is 2.56. The van der Waals surface area contributed by atoms with Crippen molar-refractivity contribution in [2.75, 3.05) is 32.8 Å². The number of piperazine rings is 1. The minimum Gasteiger partial charge on any atom is -0.492 e. The van der Waals surface area contributed by atoms with Crippen molar-refractivity contribution in [1.29, 1.82) is 0 Å². The molecule has 8 heteroatoms. The van der Waals surface area contributed by atoms with E-state index in [0.29, 0.717) is 18.8 Å². The molecular weight excluding hydrogens is 380 g/mol. The maximum atomic E-state index is 12.2. The Kier molecular flexibility index (Phi) is 6.19. The second-order valence-electron chi connectivity index (χ2n) is 5.51. The van der Waals surface area contributed by atoms with Crippen LogP contribution in [0.2, 0.25) is 0 Å². The van der Waals surface area contributed by atoms with E-state index in [9.17, 15) is 14.4 Å². The number of carbonyl (C=O) groups excluding carboxylic acids is 2. The highest BCUT2D eigenvalue weighted by Crippen LogP contribution is 2.25. The smallest absolute Gasteiger partial charge is 0.394 e. The van der Waals surface area contributed by atoms with Crippen LogP contribution in [0.4, 0.5) is 0 Å². The maximum absolute atomic E-state index is 12.2. The molecule has 1 aromatic rings. The summed E-state index contributed by atoms with van der Waals surface area (Å²) in [7, 11) is 0. The predicted molar refractivity (Wildman–Crippen MR) is 89.8 cm³/mol. The third kappa shape index (κ3) is 4.70. The van der Waals surface area contributed by atoms with Gasteiger partial charge in [0.15, 0.2) is 0 Å². The topological polar surface area (TPSA) is 87.2 Å². The second kappa shape index (κ2) is 8.14. The van der Waals surface area contributed by atoms with Crippen LogP contribution >= 0.6 is 15.9 Å². The molecule has 130 valence electrons. The first-order valence-corrected chi connectivity index (χ1v) is 8.36. The average molecular weight is 399 g/mol. The first-order valence-electron chi connectivity index (χ1n) is 7.57. The molecule has 0 spiro atoms. The van der Waals surface area contributed by atoms with E-state index in [2.05, 4.69) is 15.9 Å². The Hall–Kier alpha value is -2.09. The van der Waals surface area contributed by atoms with Crippen molar-refractivity contribution in [1.82, 2.24) is 9.80 Å². The lowest BCUT2D eigenvalue weighted by Gasteiger charge is -2.33. The summed E-state index contributed by atoms with van der Waals surface area (Å²) in [6, 6.07) is 5.72. The predicted octanol–water partition coefficient (Wildman–Crippen LogP) is 1.28. The van der Waals surface area contributed by atoms with Crippen LogP contribution in [0.15, 0.2) is 22.7 Å².